The zero-order valence-electron chi connectivity index (χ0n) is 9.04. The van der Waals surface area contributed by atoms with Gasteiger partial charge in [-0.05, 0) is 17.7 Å². The molecule has 1 atom stereocenters. The molecule has 0 saturated carbocycles. The molecule has 2 N–H and O–H groups in total. The van der Waals surface area contributed by atoms with Gasteiger partial charge in [-0.3, -0.25) is 0 Å². The van der Waals surface area contributed by atoms with Crippen LogP contribution in [0.3, 0.4) is 0 Å². The highest BCUT2D eigenvalue weighted by molar-refractivity contribution is 5.27. The van der Waals surface area contributed by atoms with E-state index < -0.39 is 6.10 Å². The first-order chi connectivity index (χ1) is 7.66. The second-order valence-corrected chi connectivity index (χ2v) is 3.79. The molecule has 1 heterocycles. The lowest BCUT2D eigenvalue weighted by Crippen LogP contribution is -2.08. The van der Waals surface area contributed by atoms with Crippen molar-refractivity contribution in [1.82, 2.24) is 9.55 Å². The number of rotatable bonds is 3. The van der Waals surface area contributed by atoms with Crippen molar-refractivity contribution in [1.29, 1.82) is 0 Å². The third-order valence-corrected chi connectivity index (χ3v) is 2.50. The van der Waals surface area contributed by atoms with Gasteiger partial charge in [0.1, 0.15) is 17.7 Å². The molecule has 4 nitrogen and oxygen atoms in total. The van der Waals surface area contributed by atoms with Gasteiger partial charge >= 0.3 is 0 Å². The molecule has 16 heavy (non-hydrogen) atoms. The summed E-state index contributed by atoms with van der Waals surface area (Å²) in [5.74, 6) is 0.841. The molecule has 0 fully saturated rings. The van der Waals surface area contributed by atoms with E-state index in [9.17, 15) is 10.2 Å². The number of nitrogens with zero attached hydrogens (tertiary/aromatic N) is 2. The van der Waals surface area contributed by atoms with Crippen LogP contribution in [-0.2, 0) is 13.5 Å². The second-order valence-electron chi connectivity index (χ2n) is 3.79. The number of hydrogen-bond donors (Lipinski definition) is 2. The maximum Gasteiger partial charge on any atom is 0.137 e. The minimum Gasteiger partial charge on any atom is -0.508 e. The highest BCUT2D eigenvalue weighted by atomic mass is 16.3. The highest BCUT2D eigenvalue weighted by Crippen LogP contribution is 2.18. The van der Waals surface area contributed by atoms with Crippen molar-refractivity contribution in [2.45, 2.75) is 12.5 Å². The molecule has 0 amide bonds. The number of aromatic nitrogens is 2. The minimum atomic E-state index is -0.651. The van der Waals surface area contributed by atoms with Crippen molar-refractivity contribution in [3.8, 4) is 5.75 Å². The van der Waals surface area contributed by atoms with Crippen molar-refractivity contribution >= 4 is 0 Å². The topological polar surface area (TPSA) is 58.3 Å². The summed E-state index contributed by atoms with van der Waals surface area (Å²) >= 11 is 0. The molecule has 0 aliphatic carbocycles. The maximum atomic E-state index is 9.97. The molecule has 0 aliphatic heterocycles. The number of hydrogen-bond acceptors (Lipinski definition) is 3. The zero-order chi connectivity index (χ0) is 11.5. The molecule has 0 radical (unpaired) electrons. The Morgan fingerprint density at radius 2 is 2.25 bits per heavy atom. The van der Waals surface area contributed by atoms with E-state index in [-0.39, 0.29) is 5.75 Å². The lowest BCUT2D eigenvalue weighted by atomic mass is 10.1. The third kappa shape index (κ3) is 2.23. The van der Waals surface area contributed by atoms with Crippen molar-refractivity contribution in [3.05, 3.63) is 48.0 Å². The van der Waals surface area contributed by atoms with E-state index in [1.165, 1.54) is 0 Å². The number of imidazole rings is 1. The Bertz CT molecular complexity index is 479. The predicted octanol–water partition coefficient (Wildman–Crippen LogP) is 1.40. The summed E-state index contributed by atoms with van der Waals surface area (Å²) in [7, 11) is 1.84. The first-order valence-corrected chi connectivity index (χ1v) is 5.10. The molecule has 1 aromatic heterocycles. The molecule has 0 spiro atoms. The molecular formula is C12H14N2O2. The molecule has 0 saturated heterocycles. The predicted molar refractivity (Wildman–Crippen MR) is 60.0 cm³/mol. The highest BCUT2D eigenvalue weighted by Gasteiger charge is 2.12. The van der Waals surface area contributed by atoms with Gasteiger partial charge < -0.3 is 14.8 Å². The average molecular weight is 218 g/mol. The van der Waals surface area contributed by atoms with Crippen LogP contribution in [-0.4, -0.2) is 19.8 Å². The van der Waals surface area contributed by atoms with Crippen molar-refractivity contribution < 1.29 is 10.2 Å². The molecule has 2 aromatic rings. The van der Waals surface area contributed by atoms with Crippen LogP contribution in [0, 0.1) is 0 Å². The first kappa shape index (κ1) is 10.7. The van der Waals surface area contributed by atoms with Crippen LogP contribution in [0.15, 0.2) is 36.7 Å². The summed E-state index contributed by atoms with van der Waals surface area (Å²) < 4.78 is 1.79. The van der Waals surface area contributed by atoms with Crippen LogP contribution in [0.4, 0.5) is 0 Å². The normalized spacial score (nSPS) is 12.6. The Labute approximate surface area is 93.8 Å². The van der Waals surface area contributed by atoms with Gasteiger partial charge in [0.05, 0.1) is 0 Å². The zero-order valence-corrected chi connectivity index (χ0v) is 9.04. The summed E-state index contributed by atoms with van der Waals surface area (Å²) in [5, 5.41) is 19.3. The van der Waals surface area contributed by atoms with Crippen LogP contribution in [0.5, 0.6) is 5.75 Å². The Morgan fingerprint density at radius 1 is 1.44 bits per heavy atom. The van der Waals surface area contributed by atoms with Gasteiger partial charge in [0, 0.05) is 25.9 Å². The molecule has 1 aromatic carbocycles. The van der Waals surface area contributed by atoms with Crippen LogP contribution < -0.4 is 0 Å². The summed E-state index contributed by atoms with van der Waals surface area (Å²) in [6.45, 7) is 0. The fourth-order valence-electron chi connectivity index (χ4n) is 1.70. The van der Waals surface area contributed by atoms with E-state index in [2.05, 4.69) is 4.98 Å². The van der Waals surface area contributed by atoms with Gasteiger partial charge in [-0.1, -0.05) is 12.1 Å². The molecule has 84 valence electrons. The number of benzene rings is 1. The van der Waals surface area contributed by atoms with Gasteiger partial charge in [-0.25, -0.2) is 4.98 Å². The van der Waals surface area contributed by atoms with E-state index in [1.54, 1.807) is 35.2 Å². The summed E-state index contributed by atoms with van der Waals surface area (Å²) in [6.07, 6.45) is 3.24. The third-order valence-electron chi connectivity index (χ3n) is 2.50. The molecule has 0 aliphatic rings. The van der Waals surface area contributed by atoms with Crippen LogP contribution in [0.1, 0.15) is 17.5 Å². The number of aryl methyl sites for hydroxylation is 1. The largest absolute Gasteiger partial charge is 0.508 e. The monoisotopic (exact) mass is 218 g/mol. The molecule has 1 unspecified atom stereocenters. The standard InChI is InChI=1S/C12H14N2O2/c1-14-6-5-13-12(14)11(16)8-9-3-2-4-10(15)7-9/h2-7,11,15-16H,8H2,1H3. The van der Waals surface area contributed by atoms with Crippen LogP contribution in [0.2, 0.25) is 0 Å². The Morgan fingerprint density at radius 3 is 2.88 bits per heavy atom. The van der Waals surface area contributed by atoms with Crippen molar-refractivity contribution in [2.24, 2.45) is 7.05 Å². The number of aliphatic hydroxyl groups is 1. The van der Waals surface area contributed by atoms with E-state index in [0.29, 0.717) is 12.2 Å². The van der Waals surface area contributed by atoms with E-state index in [0.717, 1.165) is 5.56 Å². The van der Waals surface area contributed by atoms with Crippen LogP contribution in [0.25, 0.3) is 0 Å². The van der Waals surface area contributed by atoms with Crippen molar-refractivity contribution in [3.63, 3.8) is 0 Å². The molecule has 4 heteroatoms. The Balaban J connectivity index is 2.14. The van der Waals surface area contributed by atoms with Gasteiger partial charge in [0.25, 0.3) is 0 Å². The maximum absolute atomic E-state index is 9.97. The Kier molecular flexibility index (Phi) is 2.92. The van der Waals surface area contributed by atoms with Gasteiger partial charge in [-0.15, -0.1) is 0 Å². The van der Waals surface area contributed by atoms with E-state index in [4.69, 9.17) is 0 Å². The van der Waals surface area contributed by atoms with Crippen LogP contribution >= 0.6 is 0 Å². The number of aliphatic hydroxyl groups excluding tert-OH is 1. The second kappa shape index (κ2) is 4.37. The first-order valence-electron chi connectivity index (χ1n) is 5.10. The number of aromatic hydroxyl groups is 1. The molecular weight excluding hydrogens is 204 g/mol. The minimum absolute atomic E-state index is 0.213. The average Bonchev–Trinajstić information content (AvgIpc) is 2.64. The van der Waals surface area contributed by atoms with Gasteiger partial charge in [0.2, 0.25) is 0 Å². The van der Waals surface area contributed by atoms with E-state index in [1.807, 2.05) is 13.1 Å². The quantitative estimate of drug-likeness (QED) is 0.818. The van der Waals surface area contributed by atoms with Crippen molar-refractivity contribution in [2.75, 3.05) is 0 Å². The fraction of sp³-hybridized carbons (Fsp3) is 0.250. The smallest absolute Gasteiger partial charge is 0.137 e. The lowest BCUT2D eigenvalue weighted by molar-refractivity contribution is 0.165. The molecule has 2 rings (SSSR count). The lowest BCUT2D eigenvalue weighted by Gasteiger charge is -2.10. The molecule has 0 bridgehead atoms. The summed E-state index contributed by atoms with van der Waals surface area (Å²) in [4.78, 5) is 4.08. The van der Waals surface area contributed by atoms with E-state index >= 15 is 0 Å². The number of phenols is 1. The summed E-state index contributed by atoms with van der Waals surface area (Å²) in [5.41, 5.74) is 0.885. The van der Waals surface area contributed by atoms with Gasteiger partial charge in [0.15, 0.2) is 0 Å². The fourth-order valence-corrected chi connectivity index (χ4v) is 1.70. The van der Waals surface area contributed by atoms with Gasteiger partial charge in [-0.2, -0.15) is 0 Å². The SMILES string of the molecule is Cn1ccnc1C(O)Cc1cccc(O)c1. The number of phenolic OH excluding ortho intramolecular Hbond substituents is 1. The Hall–Kier alpha value is -1.81. The summed E-state index contributed by atoms with van der Waals surface area (Å²) in [6, 6.07) is 6.88.